The van der Waals surface area contributed by atoms with Crippen LogP contribution in [-0.4, -0.2) is 20.1 Å². The largest absolute Gasteiger partial charge is 0.462 e. The average Bonchev–Trinajstić information content (AvgIpc) is 2.81. The van der Waals surface area contributed by atoms with Crippen molar-refractivity contribution in [3.05, 3.63) is 53.0 Å². The van der Waals surface area contributed by atoms with Crippen molar-refractivity contribution in [2.45, 2.75) is 31.8 Å². The molecule has 2 rings (SSSR count). The summed E-state index contributed by atoms with van der Waals surface area (Å²) in [5, 5.41) is 8.98. The number of nitrogens with one attached hydrogen (secondary N) is 1. The van der Waals surface area contributed by atoms with E-state index in [-0.39, 0.29) is 23.0 Å². The smallest absolute Gasteiger partial charge is 0.244 e. The molecule has 0 aliphatic rings. The minimum atomic E-state index is -3.62. The van der Waals surface area contributed by atoms with Crippen molar-refractivity contribution in [1.82, 2.24) is 4.72 Å². The SMILES string of the molecule is Cc1cccc(CCNS(=O)(=O)c2cc(CO)oc2C)c1. The van der Waals surface area contributed by atoms with E-state index in [1.807, 2.05) is 31.2 Å². The molecule has 0 amide bonds. The highest BCUT2D eigenvalue weighted by Crippen LogP contribution is 2.19. The van der Waals surface area contributed by atoms with E-state index in [0.29, 0.717) is 13.0 Å². The molecule has 21 heavy (non-hydrogen) atoms. The van der Waals surface area contributed by atoms with Crippen LogP contribution in [0.1, 0.15) is 22.6 Å². The molecule has 1 aromatic carbocycles. The van der Waals surface area contributed by atoms with Gasteiger partial charge in [-0.3, -0.25) is 0 Å². The van der Waals surface area contributed by atoms with E-state index in [9.17, 15) is 8.42 Å². The number of aliphatic hydroxyl groups is 1. The highest BCUT2D eigenvalue weighted by Gasteiger charge is 2.20. The second-order valence-electron chi connectivity index (χ2n) is 4.93. The van der Waals surface area contributed by atoms with Gasteiger partial charge in [0.2, 0.25) is 10.0 Å². The summed E-state index contributed by atoms with van der Waals surface area (Å²) in [7, 11) is -3.62. The van der Waals surface area contributed by atoms with Gasteiger partial charge in [-0.2, -0.15) is 0 Å². The maximum Gasteiger partial charge on any atom is 0.244 e. The number of rotatable bonds is 6. The zero-order chi connectivity index (χ0) is 15.5. The number of aryl methyl sites for hydroxylation is 2. The highest BCUT2D eigenvalue weighted by atomic mass is 32.2. The molecule has 2 N–H and O–H groups in total. The van der Waals surface area contributed by atoms with E-state index in [1.54, 1.807) is 6.92 Å². The molecule has 6 heteroatoms. The first-order chi connectivity index (χ1) is 9.92. The summed E-state index contributed by atoms with van der Waals surface area (Å²) < 4.78 is 32.1. The Morgan fingerprint density at radius 1 is 1.24 bits per heavy atom. The maximum atomic E-state index is 12.2. The van der Waals surface area contributed by atoms with Crippen LogP contribution in [0.15, 0.2) is 39.6 Å². The van der Waals surface area contributed by atoms with Gasteiger partial charge in [0, 0.05) is 12.6 Å². The Hall–Kier alpha value is -1.63. The topological polar surface area (TPSA) is 79.5 Å². The molecule has 0 radical (unpaired) electrons. The Morgan fingerprint density at radius 2 is 2.00 bits per heavy atom. The first kappa shape index (κ1) is 15.8. The van der Waals surface area contributed by atoms with Gasteiger partial charge in [-0.15, -0.1) is 0 Å². The summed E-state index contributed by atoms with van der Waals surface area (Å²) in [6, 6.07) is 9.30. The van der Waals surface area contributed by atoms with Crippen LogP contribution in [0, 0.1) is 13.8 Å². The van der Waals surface area contributed by atoms with Gasteiger partial charge in [0.1, 0.15) is 23.0 Å². The first-order valence-corrected chi connectivity index (χ1v) is 8.16. The number of furan rings is 1. The van der Waals surface area contributed by atoms with Gasteiger partial charge in [0.05, 0.1) is 0 Å². The second-order valence-corrected chi connectivity index (χ2v) is 6.66. The molecule has 1 heterocycles. The summed E-state index contributed by atoms with van der Waals surface area (Å²) >= 11 is 0. The molecular formula is C15H19NO4S. The molecule has 0 fully saturated rings. The maximum absolute atomic E-state index is 12.2. The van der Waals surface area contributed by atoms with Gasteiger partial charge in [-0.1, -0.05) is 29.8 Å². The van der Waals surface area contributed by atoms with Crippen LogP contribution in [0.2, 0.25) is 0 Å². The third-order valence-electron chi connectivity index (χ3n) is 3.16. The van der Waals surface area contributed by atoms with E-state index < -0.39 is 10.0 Å². The Morgan fingerprint density at radius 3 is 2.62 bits per heavy atom. The van der Waals surface area contributed by atoms with E-state index in [1.165, 1.54) is 6.07 Å². The minimum absolute atomic E-state index is 0.0794. The Labute approximate surface area is 124 Å². The van der Waals surface area contributed by atoms with Crippen molar-refractivity contribution in [3.8, 4) is 0 Å². The number of sulfonamides is 1. The number of aliphatic hydroxyl groups excluding tert-OH is 1. The number of benzene rings is 1. The third kappa shape index (κ3) is 3.93. The van der Waals surface area contributed by atoms with Crippen LogP contribution < -0.4 is 4.72 Å². The second kappa shape index (κ2) is 6.43. The lowest BCUT2D eigenvalue weighted by Crippen LogP contribution is -2.26. The van der Waals surface area contributed by atoms with Gasteiger partial charge in [0.25, 0.3) is 0 Å². The van der Waals surface area contributed by atoms with Crippen molar-refractivity contribution < 1.29 is 17.9 Å². The fourth-order valence-corrected chi connectivity index (χ4v) is 3.38. The van der Waals surface area contributed by atoms with E-state index in [4.69, 9.17) is 9.52 Å². The molecule has 0 saturated heterocycles. The lowest BCUT2D eigenvalue weighted by molar-refractivity contribution is 0.244. The molecule has 0 aliphatic carbocycles. The number of hydrogen-bond acceptors (Lipinski definition) is 4. The molecule has 0 unspecified atom stereocenters. The zero-order valence-electron chi connectivity index (χ0n) is 12.1. The van der Waals surface area contributed by atoms with Crippen LogP contribution in [0.3, 0.4) is 0 Å². The van der Waals surface area contributed by atoms with Crippen molar-refractivity contribution in [3.63, 3.8) is 0 Å². The molecule has 2 aromatic rings. The van der Waals surface area contributed by atoms with Crippen molar-refractivity contribution in [1.29, 1.82) is 0 Å². The van der Waals surface area contributed by atoms with E-state index >= 15 is 0 Å². The van der Waals surface area contributed by atoms with Crippen molar-refractivity contribution in [2.75, 3.05) is 6.54 Å². The van der Waals surface area contributed by atoms with E-state index in [2.05, 4.69) is 4.72 Å². The quantitative estimate of drug-likeness (QED) is 0.854. The predicted octanol–water partition coefficient (Wildman–Crippen LogP) is 1.91. The van der Waals surface area contributed by atoms with Crippen LogP contribution in [-0.2, 0) is 23.1 Å². The van der Waals surface area contributed by atoms with Crippen molar-refractivity contribution in [2.24, 2.45) is 0 Å². The Balaban J connectivity index is 2.03. The normalized spacial score (nSPS) is 11.8. The molecule has 0 atom stereocenters. The van der Waals surface area contributed by atoms with Crippen LogP contribution in [0.25, 0.3) is 0 Å². The summed E-state index contributed by atoms with van der Waals surface area (Å²) in [5.74, 6) is 0.522. The fourth-order valence-electron chi connectivity index (χ4n) is 2.14. The molecule has 114 valence electrons. The molecule has 0 saturated carbocycles. The molecular weight excluding hydrogens is 290 g/mol. The lowest BCUT2D eigenvalue weighted by atomic mass is 10.1. The molecule has 0 spiro atoms. The van der Waals surface area contributed by atoms with Gasteiger partial charge >= 0.3 is 0 Å². The Bertz CT molecular complexity index is 719. The summed E-state index contributed by atoms with van der Waals surface area (Å²) in [6.07, 6.45) is 0.616. The van der Waals surface area contributed by atoms with Crippen LogP contribution >= 0.6 is 0 Å². The predicted molar refractivity (Wildman–Crippen MR) is 79.4 cm³/mol. The van der Waals surface area contributed by atoms with Crippen molar-refractivity contribution >= 4 is 10.0 Å². The third-order valence-corrected chi connectivity index (χ3v) is 4.73. The van der Waals surface area contributed by atoms with Crippen LogP contribution in [0.5, 0.6) is 0 Å². The van der Waals surface area contributed by atoms with Gasteiger partial charge < -0.3 is 9.52 Å². The van der Waals surface area contributed by atoms with Crippen LogP contribution in [0.4, 0.5) is 0 Å². The molecule has 1 aromatic heterocycles. The Kier molecular flexibility index (Phi) is 4.82. The monoisotopic (exact) mass is 309 g/mol. The summed E-state index contributed by atoms with van der Waals surface area (Å²) in [6.45, 7) is 3.55. The lowest BCUT2D eigenvalue weighted by Gasteiger charge is -2.06. The minimum Gasteiger partial charge on any atom is -0.462 e. The van der Waals surface area contributed by atoms with E-state index in [0.717, 1.165) is 11.1 Å². The molecule has 5 nitrogen and oxygen atoms in total. The summed E-state index contributed by atoms with van der Waals surface area (Å²) in [4.78, 5) is 0.0794. The van der Waals surface area contributed by atoms with Gasteiger partial charge in [-0.05, 0) is 25.8 Å². The zero-order valence-corrected chi connectivity index (χ0v) is 12.9. The standard InChI is InChI=1S/C15H19NO4S/c1-11-4-3-5-13(8-11)6-7-16-21(18,19)15-9-14(10-17)20-12(15)2/h3-5,8-9,16-17H,6-7,10H2,1-2H3. The fraction of sp³-hybridized carbons (Fsp3) is 0.333. The van der Waals surface area contributed by atoms with Gasteiger partial charge in [-0.25, -0.2) is 13.1 Å². The first-order valence-electron chi connectivity index (χ1n) is 6.68. The molecule has 0 bridgehead atoms. The number of hydrogen-bond donors (Lipinski definition) is 2. The highest BCUT2D eigenvalue weighted by molar-refractivity contribution is 7.89. The van der Waals surface area contributed by atoms with Gasteiger partial charge in [0.15, 0.2) is 0 Å². The average molecular weight is 309 g/mol. The molecule has 0 aliphatic heterocycles. The summed E-state index contributed by atoms with van der Waals surface area (Å²) in [5.41, 5.74) is 2.23.